The molecule has 0 saturated carbocycles. The van der Waals surface area contributed by atoms with Gasteiger partial charge in [-0.2, -0.15) is 4.98 Å². The third-order valence-electron chi connectivity index (χ3n) is 2.87. The van der Waals surface area contributed by atoms with Gasteiger partial charge in [-0.3, -0.25) is 0 Å². The van der Waals surface area contributed by atoms with Crippen LogP contribution in [0.5, 0.6) is 5.88 Å². The van der Waals surface area contributed by atoms with Gasteiger partial charge in [0, 0.05) is 12.6 Å². The molecule has 0 bridgehead atoms. The minimum atomic E-state index is 0.242. The molecule has 1 aromatic rings. The molecule has 1 rings (SSSR count). The summed E-state index contributed by atoms with van der Waals surface area (Å²) < 4.78 is 5.83. The number of nitrogens with zero attached hydrogens (tertiary/aromatic N) is 1. The Balaban J connectivity index is 2.34. The molecular formula is C15H26N2O. The van der Waals surface area contributed by atoms with E-state index in [4.69, 9.17) is 4.74 Å². The third kappa shape index (κ3) is 5.89. The number of nitrogens with one attached hydrogen (secondary N) is 1. The van der Waals surface area contributed by atoms with Gasteiger partial charge in [-0.25, -0.2) is 0 Å². The summed E-state index contributed by atoms with van der Waals surface area (Å²) in [6.45, 7) is 7.29. The summed E-state index contributed by atoms with van der Waals surface area (Å²) in [6, 6.07) is 5.86. The van der Waals surface area contributed by atoms with Gasteiger partial charge in [-0.1, -0.05) is 32.3 Å². The van der Waals surface area contributed by atoms with Gasteiger partial charge in [0.2, 0.25) is 5.88 Å². The number of anilines is 1. The van der Waals surface area contributed by atoms with Crippen LogP contribution < -0.4 is 10.1 Å². The molecule has 0 fully saturated rings. The number of pyridine rings is 1. The van der Waals surface area contributed by atoms with E-state index in [1.54, 1.807) is 0 Å². The standard InChI is InChI=1S/C15H26N2O/c1-4-6-7-8-10-13(3)18-15-12-9-11-14(17-15)16-5-2/h9,11-13H,4-8,10H2,1-3H3,(H,16,17). The van der Waals surface area contributed by atoms with E-state index in [9.17, 15) is 0 Å². The van der Waals surface area contributed by atoms with E-state index in [0.29, 0.717) is 0 Å². The average Bonchev–Trinajstić information content (AvgIpc) is 2.35. The van der Waals surface area contributed by atoms with Crippen molar-refractivity contribution in [3.63, 3.8) is 0 Å². The van der Waals surface area contributed by atoms with Gasteiger partial charge < -0.3 is 10.1 Å². The summed E-state index contributed by atoms with van der Waals surface area (Å²) in [5, 5.41) is 3.19. The van der Waals surface area contributed by atoms with Crippen LogP contribution in [0.15, 0.2) is 18.2 Å². The molecule has 1 heterocycles. The molecule has 1 atom stereocenters. The van der Waals surface area contributed by atoms with Crippen molar-refractivity contribution in [2.45, 2.75) is 59.0 Å². The molecule has 0 spiro atoms. The lowest BCUT2D eigenvalue weighted by molar-refractivity contribution is 0.198. The maximum Gasteiger partial charge on any atom is 0.215 e. The predicted octanol–water partition coefficient (Wildman–Crippen LogP) is 4.25. The van der Waals surface area contributed by atoms with Gasteiger partial charge in [0.25, 0.3) is 0 Å². The Morgan fingerprint density at radius 2 is 2.06 bits per heavy atom. The monoisotopic (exact) mass is 250 g/mol. The molecule has 0 aliphatic heterocycles. The number of hydrogen-bond acceptors (Lipinski definition) is 3. The molecule has 0 saturated heterocycles. The van der Waals surface area contributed by atoms with Crippen LogP contribution in [0.3, 0.4) is 0 Å². The van der Waals surface area contributed by atoms with Crippen LogP contribution in [-0.4, -0.2) is 17.6 Å². The van der Waals surface area contributed by atoms with Gasteiger partial charge in [-0.05, 0) is 32.8 Å². The number of hydrogen-bond donors (Lipinski definition) is 1. The van der Waals surface area contributed by atoms with Crippen LogP contribution >= 0.6 is 0 Å². The minimum absolute atomic E-state index is 0.242. The van der Waals surface area contributed by atoms with Crippen LogP contribution in [0.2, 0.25) is 0 Å². The van der Waals surface area contributed by atoms with Crippen molar-refractivity contribution < 1.29 is 4.74 Å². The minimum Gasteiger partial charge on any atom is -0.475 e. The Morgan fingerprint density at radius 1 is 1.22 bits per heavy atom. The van der Waals surface area contributed by atoms with Gasteiger partial charge in [-0.15, -0.1) is 0 Å². The van der Waals surface area contributed by atoms with Gasteiger partial charge in [0.1, 0.15) is 5.82 Å². The highest BCUT2D eigenvalue weighted by Gasteiger charge is 2.05. The smallest absolute Gasteiger partial charge is 0.215 e. The largest absolute Gasteiger partial charge is 0.475 e. The number of unbranched alkanes of at least 4 members (excludes halogenated alkanes) is 3. The van der Waals surface area contributed by atoms with Crippen molar-refractivity contribution in [1.82, 2.24) is 4.98 Å². The average molecular weight is 250 g/mol. The third-order valence-corrected chi connectivity index (χ3v) is 2.87. The summed E-state index contributed by atoms with van der Waals surface area (Å²) in [6.07, 6.45) is 6.48. The molecule has 0 radical (unpaired) electrons. The second-order valence-electron chi connectivity index (χ2n) is 4.67. The van der Waals surface area contributed by atoms with E-state index < -0.39 is 0 Å². The lowest BCUT2D eigenvalue weighted by Gasteiger charge is -2.14. The summed E-state index contributed by atoms with van der Waals surface area (Å²) in [4.78, 5) is 4.41. The topological polar surface area (TPSA) is 34.1 Å². The number of rotatable bonds is 9. The van der Waals surface area contributed by atoms with E-state index >= 15 is 0 Å². The first-order valence-corrected chi connectivity index (χ1v) is 7.13. The SMILES string of the molecule is CCCCCCC(C)Oc1cccc(NCC)n1. The Bertz CT molecular complexity index is 328. The van der Waals surface area contributed by atoms with Crippen molar-refractivity contribution in [2.24, 2.45) is 0 Å². The lowest BCUT2D eigenvalue weighted by Crippen LogP contribution is -2.13. The van der Waals surface area contributed by atoms with E-state index in [1.165, 1.54) is 25.7 Å². The molecule has 3 heteroatoms. The first-order chi connectivity index (χ1) is 8.76. The first-order valence-electron chi connectivity index (χ1n) is 7.13. The van der Waals surface area contributed by atoms with Crippen molar-refractivity contribution in [2.75, 3.05) is 11.9 Å². The number of ether oxygens (including phenoxy) is 1. The molecule has 0 aromatic carbocycles. The summed E-state index contributed by atoms with van der Waals surface area (Å²) in [5.74, 6) is 1.60. The van der Waals surface area contributed by atoms with Crippen molar-refractivity contribution in [3.05, 3.63) is 18.2 Å². The van der Waals surface area contributed by atoms with Crippen LogP contribution in [0, 0.1) is 0 Å². The highest BCUT2D eigenvalue weighted by Crippen LogP contribution is 2.15. The van der Waals surface area contributed by atoms with Crippen LogP contribution in [0.4, 0.5) is 5.82 Å². The zero-order chi connectivity index (χ0) is 13.2. The molecule has 1 unspecified atom stereocenters. The molecule has 0 amide bonds. The highest BCUT2D eigenvalue weighted by molar-refractivity contribution is 5.36. The maximum atomic E-state index is 5.83. The molecule has 1 aromatic heterocycles. The fourth-order valence-corrected chi connectivity index (χ4v) is 1.88. The Kier molecular flexibility index (Phi) is 7.23. The fourth-order valence-electron chi connectivity index (χ4n) is 1.88. The normalized spacial score (nSPS) is 12.2. The van der Waals surface area contributed by atoms with Crippen molar-refractivity contribution in [3.8, 4) is 5.88 Å². The molecular weight excluding hydrogens is 224 g/mol. The van der Waals surface area contributed by atoms with Crippen molar-refractivity contribution in [1.29, 1.82) is 0 Å². The molecule has 18 heavy (non-hydrogen) atoms. The quantitative estimate of drug-likeness (QED) is 0.665. The molecule has 0 aliphatic rings. The number of aromatic nitrogens is 1. The first kappa shape index (κ1) is 14.8. The zero-order valence-corrected chi connectivity index (χ0v) is 11.9. The summed E-state index contributed by atoms with van der Waals surface area (Å²) >= 11 is 0. The highest BCUT2D eigenvalue weighted by atomic mass is 16.5. The van der Waals surface area contributed by atoms with Crippen LogP contribution in [0.25, 0.3) is 0 Å². The molecule has 3 nitrogen and oxygen atoms in total. The van der Waals surface area contributed by atoms with E-state index in [-0.39, 0.29) is 6.10 Å². The summed E-state index contributed by atoms with van der Waals surface area (Å²) in [7, 11) is 0. The van der Waals surface area contributed by atoms with E-state index in [0.717, 1.165) is 24.7 Å². The Hall–Kier alpha value is -1.25. The van der Waals surface area contributed by atoms with Gasteiger partial charge in [0.15, 0.2) is 0 Å². The predicted molar refractivity (Wildman–Crippen MR) is 77.2 cm³/mol. The van der Waals surface area contributed by atoms with Crippen LogP contribution in [-0.2, 0) is 0 Å². The van der Waals surface area contributed by atoms with E-state index in [1.807, 2.05) is 18.2 Å². The molecule has 1 N–H and O–H groups in total. The summed E-state index contributed by atoms with van der Waals surface area (Å²) in [5.41, 5.74) is 0. The van der Waals surface area contributed by atoms with Crippen LogP contribution in [0.1, 0.15) is 52.9 Å². The maximum absolute atomic E-state index is 5.83. The fraction of sp³-hybridized carbons (Fsp3) is 0.667. The molecule has 0 aliphatic carbocycles. The van der Waals surface area contributed by atoms with Gasteiger partial charge in [0.05, 0.1) is 6.10 Å². The Morgan fingerprint density at radius 3 is 2.78 bits per heavy atom. The molecule has 102 valence electrons. The van der Waals surface area contributed by atoms with Gasteiger partial charge >= 0.3 is 0 Å². The van der Waals surface area contributed by atoms with Crippen molar-refractivity contribution >= 4 is 5.82 Å². The zero-order valence-electron chi connectivity index (χ0n) is 11.9. The Labute approximate surface area is 111 Å². The second-order valence-corrected chi connectivity index (χ2v) is 4.67. The lowest BCUT2D eigenvalue weighted by atomic mass is 10.1. The van der Waals surface area contributed by atoms with E-state index in [2.05, 4.69) is 31.1 Å². The second kappa shape index (κ2) is 8.78.